The third-order valence-corrected chi connectivity index (χ3v) is 6.15. The molecule has 0 aliphatic carbocycles. The van der Waals surface area contributed by atoms with Crippen molar-refractivity contribution in [2.45, 2.75) is 19.4 Å². The zero-order valence-corrected chi connectivity index (χ0v) is 20.5. The highest BCUT2D eigenvalue weighted by atomic mass is 35.5. The highest BCUT2D eigenvalue weighted by molar-refractivity contribution is 6.35. The van der Waals surface area contributed by atoms with Crippen molar-refractivity contribution >= 4 is 40.1 Å². The summed E-state index contributed by atoms with van der Waals surface area (Å²) in [6.07, 6.45) is 0.828. The van der Waals surface area contributed by atoms with E-state index in [1.807, 2.05) is 48.5 Å². The van der Waals surface area contributed by atoms with Gasteiger partial charge in [0.2, 0.25) is 5.91 Å². The van der Waals surface area contributed by atoms with Crippen molar-refractivity contribution < 1.29 is 14.3 Å². The van der Waals surface area contributed by atoms with Crippen LogP contribution in [-0.4, -0.2) is 36.2 Å². The number of ether oxygens (including phenoxy) is 2. The van der Waals surface area contributed by atoms with Crippen LogP contribution in [0.3, 0.4) is 0 Å². The Hall–Kier alpha value is -3.22. The number of amides is 1. The van der Waals surface area contributed by atoms with Gasteiger partial charge >= 0.3 is 0 Å². The highest BCUT2D eigenvalue weighted by Crippen LogP contribution is 2.28. The van der Waals surface area contributed by atoms with E-state index in [0.717, 1.165) is 28.0 Å². The summed E-state index contributed by atoms with van der Waals surface area (Å²) >= 11 is 12.5. The van der Waals surface area contributed by atoms with Gasteiger partial charge in [-0.2, -0.15) is 0 Å². The third-order valence-electron chi connectivity index (χ3n) is 5.56. The molecule has 4 rings (SSSR count). The lowest BCUT2D eigenvalue weighted by Crippen LogP contribution is -2.28. The molecular formula is C26H25Cl2N3O3. The molecule has 6 nitrogen and oxygen atoms in total. The summed E-state index contributed by atoms with van der Waals surface area (Å²) in [6, 6.07) is 18.9. The molecule has 0 atom stereocenters. The minimum Gasteiger partial charge on any atom is -0.493 e. The van der Waals surface area contributed by atoms with Crippen LogP contribution in [0.25, 0.3) is 11.0 Å². The van der Waals surface area contributed by atoms with Crippen molar-refractivity contribution in [3.05, 3.63) is 87.7 Å². The summed E-state index contributed by atoms with van der Waals surface area (Å²) in [7, 11) is 3.16. The number of aromatic nitrogens is 2. The lowest BCUT2D eigenvalue weighted by atomic mass is 10.1. The van der Waals surface area contributed by atoms with Gasteiger partial charge in [-0.25, -0.2) is 4.98 Å². The number of rotatable bonds is 9. The molecule has 0 radical (unpaired) electrons. The molecule has 1 heterocycles. The predicted molar refractivity (Wildman–Crippen MR) is 135 cm³/mol. The minimum absolute atomic E-state index is 0.0735. The van der Waals surface area contributed by atoms with Crippen molar-refractivity contribution in [1.82, 2.24) is 14.9 Å². The molecular weight excluding hydrogens is 473 g/mol. The summed E-state index contributed by atoms with van der Waals surface area (Å²) in [6.45, 7) is 1.02. The first-order valence-electron chi connectivity index (χ1n) is 10.8. The smallest absolute Gasteiger partial charge is 0.224 e. The average Bonchev–Trinajstić information content (AvgIpc) is 3.18. The molecule has 0 saturated carbocycles. The second kappa shape index (κ2) is 10.8. The number of nitrogens with zero attached hydrogens (tertiary/aromatic N) is 2. The Bertz CT molecular complexity index is 1320. The number of carbonyl (C=O) groups is 1. The van der Waals surface area contributed by atoms with Crippen molar-refractivity contribution in [3.8, 4) is 11.5 Å². The largest absolute Gasteiger partial charge is 0.493 e. The van der Waals surface area contributed by atoms with Crippen LogP contribution in [0.1, 0.15) is 17.0 Å². The number of benzene rings is 3. The van der Waals surface area contributed by atoms with Crippen LogP contribution in [0, 0.1) is 0 Å². The molecule has 1 N–H and O–H groups in total. The van der Waals surface area contributed by atoms with Crippen LogP contribution in [0.2, 0.25) is 10.0 Å². The molecule has 0 unspecified atom stereocenters. The summed E-state index contributed by atoms with van der Waals surface area (Å²) in [5.74, 6) is 2.03. The highest BCUT2D eigenvalue weighted by Gasteiger charge is 2.14. The minimum atomic E-state index is -0.0735. The van der Waals surface area contributed by atoms with Crippen molar-refractivity contribution in [1.29, 1.82) is 0 Å². The molecule has 3 aromatic carbocycles. The van der Waals surface area contributed by atoms with E-state index in [4.69, 9.17) is 37.7 Å². The number of hydrogen-bond acceptors (Lipinski definition) is 4. The Labute approximate surface area is 208 Å². The fraction of sp³-hybridized carbons (Fsp3) is 0.231. The van der Waals surface area contributed by atoms with Crippen molar-refractivity contribution in [3.63, 3.8) is 0 Å². The first-order valence-corrected chi connectivity index (χ1v) is 11.6. The monoisotopic (exact) mass is 497 g/mol. The SMILES string of the molecule is COc1ccc(CC(=O)NCCc2nc3ccccc3n2Cc2ccc(Cl)cc2Cl)cc1OC. The molecule has 0 bridgehead atoms. The van der Waals surface area contributed by atoms with E-state index < -0.39 is 0 Å². The summed E-state index contributed by atoms with van der Waals surface area (Å²) in [5, 5.41) is 4.20. The summed E-state index contributed by atoms with van der Waals surface area (Å²) < 4.78 is 12.7. The third kappa shape index (κ3) is 5.46. The molecule has 0 saturated heterocycles. The van der Waals surface area contributed by atoms with E-state index in [0.29, 0.717) is 41.1 Å². The zero-order valence-electron chi connectivity index (χ0n) is 19.0. The normalized spacial score (nSPS) is 10.9. The number of carbonyl (C=O) groups excluding carboxylic acids is 1. The summed E-state index contributed by atoms with van der Waals surface area (Å²) in [4.78, 5) is 17.3. The van der Waals surface area contributed by atoms with E-state index in [-0.39, 0.29) is 12.3 Å². The number of fused-ring (bicyclic) bond motifs is 1. The van der Waals surface area contributed by atoms with Crippen molar-refractivity contribution in [2.75, 3.05) is 20.8 Å². The zero-order chi connectivity index (χ0) is 24.1. The van der Waals surface area contributed by atoms with Gasteiger partial charge in [0.1, 0.15) is 5.82 Å². The second-order valence-corrected chi connectivity index (χ2v) is 8.65. The van der Waals surface area contributed by atoms with Gasteiger partial charge in [0, 0.05) is 23.0 Å². The maximum absolute atomic E-state index is 12.5. The van der Waals surface area contributed by atoms with E-state index in [2.05, 4.69) is 9.88 Å². The van der Waals surface area contributed by atoms with E-state index in [9.17, 15) is 4.79 Å². The molecule has 0 spiro atoms. The van der Waals surface area contributed by atoms with Gasteiger partial charge in [-0.05, 0) is 47.5 Å². The molecule has 0 aliphatic rings. The van der Waals surface area contributed by atoms with Gasteiger partial charge in [0.05, 0.1) is 38.2 Å². The van der Waals surface area contributed by atoms with Crippen LogP contribution < -0.4 is 14.8 Å². The van der Waals surface area contributed by atoms with Gasteiger partial charge in [-0.15, -0.1) is 0 Å². The van der Waals surface area contributed by atoms with Crippen LogP contribution in [0.5, 0.6) is 11.5 Å². The Morgan fingerprint density at radius 3 is 2.56 bits per heavy atom. The average molecular weight is 498 g/mol. The maximum Gasteiger partial charge on any atom is 0.224 e. The van der Waals surface area contributed by atoms with Gasteiger partial charge in [-0.3, -0.25) is 4.79 Å². The number of hydrogen-bond donors (Lipinski definition) is 1. The standard InChI is InChI=1S/C26H25Cl2N3O3/c1-33-23-10-7-17(13-24(23)34-2)14-26(32)29-12-11-25-30-21-5-3-4-6-22(21)31(25)16-18-8-9-19(27)15-20(18)28/h3-10,13,15H,11-12,14,16H2,1-2H3,(H,29,32). The topological polar surface area (TPSA) is 65.4 Å². The van der Waals surface area contributed by atoms with E-state index >= 15 is 0 Å². The van der Waals surface area contributed by atoms with E-state index in [1.54, 1.807) is 26.4 Å². The number of methoxy groups -OCH3 is 2. The second-order valence-electron chi connectivity index (χ2n) is 7.80. The first-order chi connectivity index (χ1) is 16.5. The number of nitrogens with one attached hydrogen (secondary N) is 1. The quantitative estimate of drug-likeness (QED) is 0.340. The van der Waals surface area contributed by atoms with Gasteiger partial charge in [0.25, 0.3) is 0 Å². The molecule has 8 heteroatoms. The molecule has 1 aromatic heterocycles. The molecule has 4 aromatic rings. The Balaban J connectivity index is 1.45. The number of para-hydroxylation sites is 2. The van der Waals surface area contributed by atoms with Crippen LogP contribution >= 0.6 is 23.2 Å². The van der Waals surface area contributed by atoms with E-state index in [1.165, 1.54) is 0 Å². The predicted octanol–water partition coefficient (Wildman–Crippen LogP) is 5.31. The molecule has 0 aliphatic heterocycles. The summed E-state index contributed by atoms with van der Waals surface area (Å²) in [5.41, 5.74) is 3.71. The number of halogens is 2. The van der Waals surface area contributed by atoms with Crippen molar-refractivity contribution in [2.24, 2.45) is 0 Å². The van der Waals surface area contributed by atoms with Gasteiger partial charge in [0.15, 0.2) is 11.5 Å². The maximum atomic E-state index is 12.5. The molecule has 1 amide bonds. The molecule has 0 fully saturated rings. The fourth-order valence-electron chi connectivity index (χ4n) is 3.87. The fourth-order valence-corrected chi connectivity index (χ4v) is 4.33. The lowest BCUT2D eigenvalue weighted by molar-refractivity contribution is -0.120. The molecule has 176 valence electrons. The van der Waals surface area contributed by atoms with Crippen LogP contribution in [0.4, 0.5) is 0 Å². The molecule has 34 heavy (non-hydrogen) atoms. The van der Waals surface area contributed by atoms with Crippen LogP contribution in [-0.2, 0) is 24.2 Å². The van der Waals surface area contributed by atoms with Gasteiger partial charge in [-0.1, -0.05) is 47.5 Å². The Kier molecular flexibility index (Phi) is 7.60. The number of imidazole rings is 1. The lowest BCUT2D eigenvalue weighted by Gasteiger charge is -2.12. The van der Waals surface area contributed by atoms with Gasteiger partial charge < -0.3 is 19.4 Å². The first kappa shape index (κ1) is 23.9. The Morgan fingerprint density at radius 1 is 1.00 bits per heavy atom. The Morgan fingerprint density at radius 2 is 1.79 bits per heavy atom. The van der Waals surface area contributed by atoms with Crippen LogP contribution in [0.15, 0.2) is 60.7 Å².